The van der Waals surface area contributed by atoms with Crippen LogP contribution >= 0.6 is 11.8 Å². The molecule has 2 aliphatic heterocycles. The van der Waals surface area contributed by atoms with E-state index in [1.165, 1.54) is 16.7 Å². The zero-order valence-electron chi connectivity index (χ0n) is 12.5. The van der Waals surface area contributed by atoms with Crippen LogP contribution < -0.4 is 10.5 Å². The zero-order chi connectivity index (χ0) is 16.6. The molecular weight excluding hydrogens is 323 g/mol. The number of thioether (sulfide) groups is 1. The summed E-state index contributed by atoms with van der Waals surface area (Å²) in [6, 6.07) is 6.34. The minimum absolute atomic E-state index is 0.0317. The van der Waals surface area contributed by atoms with E-state index in [4.69, 9.17) is 15.2 Å². The molecule has 2 saturated heterocycles. The fraction of sp³-hybridized carbons (Fsp3) is 0.467. The molecular formula is C15H17FN2O4S. The van der Waals surface area contributed by atoms with Crippen LogP contribution in [0.4, 0.5) is 4.39 Å². The van der Waals surface area contributed by atoms with E-state index in [0.29, 0.717) is 5.75 Å². The van der Waals surface area contributed by atoms with Crippen molar-refractivity contribution in [2.45, 2.75) is 23.7 Å². The van der Waals surface area contributed by atoms with Gasteiger partial charge in [-0.1, -0.05) is 12.1 Å². The lowest BCUT2D eigenvalue weighted by molar-refractivity contribution is -0.164. The molecule has 2 aliphatic rings. The van der Waals surface area contributed by atoms with E-state index < -0.39 is 17.7 Å². The molecule has 8 heteroatoms. The smallest absolute Gasteiger partial charge is 0.347 e. The molecule has 3 atom stereocenters. The first kappa shape index (κ1) is 16.1. The van der Waals surface area contributed by atoms with Gasteiger partial charge in [-0.25, -0.2) is 9.18 Å². The normalized spacial score (nSPS) is 29.5. The van der Waals surface area contributed by atoms with Gasteiger partial charge in [0.1, 0.15) is 23.8 Å². The van der Waals surface area contributed by atoms with Gasteiger partial charge in [0.25, 0.3) is 0 Å². The zero-order valence-corrected chi connectivity index (χ0v) is 13.3. The molecule has 2 N–H and O–H groups in total. The van der Waals surface area contributed by atoms with Gasteiger partial charge in [-0.05, 0) is 17.7 Å². The highest BCUT2D eigenvalue weighted by molar-refractivity contribution is 8.00. The molecule has 0 bridgehead atoms. The van der Waals surface area contributed by atoms with E-state index in [1.807, 2.05) is 0 Å². The molecule has 1 amide bonds. The fourth-order valence-electron chi connectivity index (χ4n) is 2.57. The number of hydrogen-bond acceptors (Lipinski definition) is 6. The summed E-state index contributed by atoms with van der Waals surface area (Å²) < 4.78 is 24.9. The van der Waals surface area contributed by atoms with Gasteiger partial charge in [-0.3, -0.25) is 4.79 Å². The first-order chi connectivity index (χ1) is 10.9. The van der Waals surface area contributed by atoms with Crippen molar-refractivity contribution in [1.82, 2.24) is 4.90 Å². The molecule has 2 fully saturated rings. The van der Waals surface area contributed by atoms with Gasteiger partial charge in [0.15, 0.2) is 0 Å². The van der Waals surface area contributed by atoms with E-state index in [9.17, 15) is 14.0 Å². The fourth-order valence-corrected chi connectivity index (χ4v) is 3.89. The van der Waals surface area contributed by atoms with Crippen molar-refractivity contribution in [3.63, 3.8) is 0 Å². The van der Waals surface area contributed by atoms with E-state index in [2.05, 4.69) is 0 Å². The van der Waals surface area contributed by atoms with Crippen molar-refractivity contribution >= 4 is 23.6 Å². The molecule has 0 aliphatic carbocycles. The van der Waals surface area contributed by atoms with Crippen LogP contribution in [0.3, 0.4) is 0 Å². The number of carbonyl (C=O) groups excluding carboxylic acids is 2. The number of halogens is 1. The number of alkyl halides is 1. The summed E-state index contributed by atoms with van der Waals surface area (Å²) in [5, 5.41) is -0.235. The molecule has 2 heterocycles. The van der Waals surface area contributed by atoms with Gasteiger partial charge >= 0.3 is 5.97 Å². The lowest BCUT2D eigenvalue weighted by Crippen LogP contribution is -2.73. The summed E-state index contributed by atoms with van der Waals surface area (Å²) in [4.78, 5) is 25.0. The average molecular weight is 340 g/mol. The third-order valence-electron chi connectivity index (χ3n) is 3.98. The summed E-state index contributed by atoms with van der Waals surface area (Å²) in [6.07, 6.45) is 0. The SMILES string of the molecule is COc1ccc(COC(=O)C2(F)CS[C@@H]3C(N)C(=O)N3C2)cc1. The summed E-state index contributed by atoms with van der Waals surface area (Å²) in [7, 11) is 1.55. The second-order valence-electron chi connectivity index (χ2n) is 5.58. The Morgan fingerprint density at radius 3 is 2.83 bits per heavy atom. The highest BCUT2D eigenvalue weighted by atomic mass is 32.2. The number of ether oxygens (including phenoxy) is 2. The maximum atomic E-state index is 14.8. The number of hydrogen-bond donors (Lipinski definition) is 1. The van der Waals surface area contributed by atoms with Crippen LogP contribution in [0, 0.1) is 0 Å². The number of amides is 1. The first-order valence-corrected chi connectivity index (χ1v) is 8.16. The van der Waals surface area contributed by atoms with Crippen LogP contribution in [0.1, 0.15) is 5.56 Å². The van der Waals surface area contributed by atoms with Crippen LogP contribution in [-0.4, -0.2) is 53.3 Å². The highest BCUT2D eigenvalue weighted by Crippen LogP contribution is 2.39. The number of rotatable bonds is 4. The number of fused-ring (bicyclic) bond motifs is 1. The third kappa shape index (κ3) is 2.88. The van der Waals surface area contributed by atoms with Gasteiger partial charge in [0, 0.05) is 5.75 Å². The summed E-state index contributed by atoms with van der Waals surface area (Å²) in [5.74, 6) is -0.652. The predicted octanol–water partition coefficient (Wildman–Crippen LogP) is 0.689. The van der Waals surface area contributed by atoms with E-state index >= 15 is 0 Å². The van der Waals surface area contributed by atoms with Crippen LogP contribution in [0.5, 0.6) is 5.75 Å². The maximum Gasteiger partial charge on any atom is 0.347 e. The Morgan fingerprint density at radius 2 is 2.17 bits per heavy atom. The van der Waals surface area contributed by atoms with Crippen molar-refractivity contribution in [2.75, 3.05) is 19.4 Å². The van der Waals surface area contributed by atoms with Crippen LogP contribution in [-0.2, 0) is 20.9 Å². The summed E-state index contributed by atoms with van der Waals surface area (Å²) in [6.45, 7) is -0.325. The minimum Gasteiger partial charge on any atom is -0.497 e. The Bertz CT molecular complexity index is 626. The Morgan fingerprint density at radius 1 is 1.48 bits per heavy atom. The molecule has 0 aromatic heterocycles. The van der Waals surface area contributed by atoms with Crippen molar-refractivity contribution in [3.05, 3.63) is 29.8 Å². The van der Waals surface area contributed by atoms with Gasteiger partial charge in [0.2, 0.25) is 11.6 Å². The molecule has 0 spiro atoms. The monoisotopic (exact) mass is 340 g/mol. The molecule has 0 saturated carbocycles. The van der Waals surface area contributed by atoms with Crippen molar-refractivity contribution in [2.24, 2.45) is 5.73 Å². The number of benzene rings is 1. The van der Waals surface area contributed by atoms with Crippen molar-refractivity contribution in [1.29, 1.82) is 0 Å². The largest absolute Gasteiger partial charge is 0.497 e. The Kier molecular flexibility index (Phi) is 4.20. The second kappa shape index (κ2) is 6.01. The molecule has 1 aromatic carbocycles. The molecule has 6 nitrogen and oxygen atoms in total. The number of methoxy groups -OCH3 is 1. The Labute approximate surface area is 137 Å². The number of nitrogens with two attached hydrogens (primary N) is 1. The minimum atomic E-state index is -2.19. The molecule has 1 aromatic rings. The van der Waals surface area contributed by atoms with Gasteiger partial charge in [-0.2, -0.15) is 0 Å². The van der Waals surface area contributed by atoms with E-state index in [1.54, 1.807) is 31.4 Å². The van der Waals surface area contributed by atoms with Crippen LogP contribution in [0.25, 0.3) is 0 Å². The number of esters is 1. The molecule has 23 heavy (non-hydrogen) atoms. The molecule has 0 radical (unpaired) electrons. The van der Waals surface area contributed by atoms with Crippen LogP contribution in [0.2, 0.25) is 0 Å². The Balaban J connectivity index is 1.58. The van der Waals surface area contributed by atoms with Gasteiger partial charge < -0.3 is 20.1 Å². The quantitative estimate of drug-likeness (QED) is 0.641. The summed E-state index contributed by atoms with van der Waals surface area (Å²) >= 11 is 1.17. The Hall–Kier alpha value is -1.80. The van der Waals surface area contributed by atoms with Crippen LogP contribution in [0.15, 0.2) is 24.3 Å². The van der Waals surface area contributed by atoms with Crippen molar-refractivity contribution in [3.8, 4) is 5.75 Å². The third-order valence-corrected chi connectivity index (χ3v) is 5.49. The van der Waals surface area contributed by atoms with E-state index in [0.717, 1.165) is 5.56 Å². The lowest BCUT2D eigenvalue weighted by atomic mass is 10.0. The average Bonchev–Trinajstić information content (AvgIpc) is 2.59. The standard InChI is InChI=1S/C15H17FN2O4S/c1-21-10-4-2-9(3-5-10)6-22-14(20)15(16)7-18-12(19)11(17)13(18)23-8-15/h2-5,11,13H,6-8,17H2,1H3/t11?,13-,15?/m1/s1. The van der Waals surface area contributed by atoms with Gasteiger partial charge in [0.05, 0.1) is 13.7 Å². The summed E-state index contributed by atoms with van der Waals surface area (Å²) in [5.41, 5.74) is 4.18. The molecule has 3 rings (SSSR count). The highest BCUT2D eigenvalue weighted by Gasteiger charge is 2.56. The molecule has 2 unspecified atom stereocenters. The maximum absolute atomic E-state index is 14.8. The van der Waals surface area contributed by atoms with Gasteiger partial charge in [-0.15, -0.1) is 11.8 Å². The molecule has 124 valence electrons. The number of carbonyl (C=O) groups is 2. The number of nitrogens with zero attached hydrogens (tertiary/aromatic N) is 1. The first-order valence-electron chi connectivity index (χ1n) is 7.11. The predicted molar refractivity (Wildman–Crippen MR) is 82.6 cm³/mol. The lowest BCUT2D eigenvalue weighted by Gasteiger charge is -2.50. The number of β-lactam (4-membered cyclic amide) rings is 1. The second-order valence-corrected chi connectivity index (χ2v) is 6.69. The topological polar surface area (TPSA) is 81.9 Å². The van der Waals surface area contributed by atoms with E-state index in [-0.39, 0.29) is 30.2 Å². The van der Waals surface area contributed by atoms with Crippen molar-refractivity contribution < 1.29 is 23.5 Å².